The first-order valence-corrected chi connectivity index (χ1v) is 3.69. The monoisotopic (exact) mass is 132 g/mol. The topological polar surface area (TPSA) is 40.1 Å². The summed E-state index contributed by atoms with van der Waals surface area (Å²) in [5, 5.41) is 0.514. The Labute approximate surface area is 50.1 Å². The molecule has 0 aromatic heterocycles. The zero-order valence-corrected chi connectivity index (χ0v) is 5.94. The highest BCUT2D eigenvalue weighted by atomic mass is 31.1. The van der Waals surface area contributed by atoms with Crippen LogP contribution in [0.15, 0.2) is 11.4 Å². The van der Waals surface area contributed by atoms with Crippen molar-refractivity contribution in [3.05, 3.63) is 11.4 Å². The molecule has 0 aliphatic rings. The highest BCUT2D eigenvalue weighted by Crippen LogP contribution is 2.24. The minimum absolute atomic E-state index is 0.514. The van der Waals surface area contributed by atoms with Crippen molar-refractivity contribution >= 4 is 8.03 Å². The summed E-state index contributed by atoms with van der Waals surface area (Å²) < 4.78 is 10.1. The second kappa shape index (κ2) is 3.76. The highest BCUT2D eigenvalue weighted by Gasteiger charge is 2.04. The maximum atomic E-state index is 10.1. The van der Waals surface area contributed by atoms with Gasteiger partial charge in [-0.05, 0) is 13.0 Å². The minimum atomic E-state index is -2.30. The lowest BCUT2D eigenvalue weighted by Gasteiger charge is -1.86. The largest absolute Gasteiger partial charge is 0.591 e. The third-order valence-electron chi connectivity index (χ3n) is 0.930. The van der Waals surface area contributed by atoms with Gasteiger partial charge in [0, 0.05) is 6.42 Å². The van der Waals surface area contributed by atoms with E-state index in [1.54, 1.807) is 13.0 Å². The first-order valence-electron chi connectivity index (χ1n) is 2.52. The van der Waals surface area contributed by atoms with Crippen LogP contribution in [0.5, 0.6) is 0 Å². The summed E-state index contributed by atoms with van der Waals surface area (Å²) in [4.78, 5) is 10.1. The molecule has 0 aliphatic heterocycles. The lowest BCUT2D eigenvalue weighted by atomic mass is 10.4. The molecule has 3 heteroatoms. The van der Waals surface area contributed by atoms with Crippen LogP contribution in [0.25, 0.3) is 0 Å². The summed E-state index contributed by atoms with van der Waals surface area (Å²) >= 11 is 0. The average molecular weight is 132 g/mol. The van der Waals surface area contributed by atoms with Crippen molar-refractivity contribution in [1.29, 1.82) is 0 Å². The molecule has 0 aromatic rings. The van der Waals surface area contributed by atoms with Crippen LogP contribution in [0.2, 0.25) is 0 Å². The van der Waals surface area contributed by atoms with Crippen LogP contribution in [0, 0.1) is 0 Å². The van der Waals surface area contributed by atoms with Crippen LogP contribution in [0.4, 0.5) is 0 Å². The Bertz CT molecular complexity index is 118. The summed E-state index contributed by atoms with van der Waals surface area (Å²) in [6.45, 7) is 3.55. The Morgan fingerprint density at radius 2 is 2.38 bits per heavy atom. The van der Waals surface area contributed by atoms with Gasteiger partial charge in [-0.25, -0.2) is 0 Å². The molecule has 0 aliphatic carbocycles. The van der Waals surface area contributed by atoms with Crippen LogP contribution in [-0.4, -0.2) is 0 Å². The minimum Gasteiger partial charge on any atom is -0.591 e. The van der Waals surface area contributed by atoms with Gasteiger partial charge in [0.25, 0.3) is 0 Å². The number of hydrogen-bond donors (Lipinski definition) is 0. The predicted octanol–water partition coefficient (Wildman–Crippen LogP) is 1.40. The smallest absolute Gasteiger partial charge is 0.343 e. The Kier molecular flexibility index (Phi) is 3.67. The van der Waals surface area contributed by atoms with Crippen LogP contribution in [0.3, 0.4) is 0 Å². The first-order chi connectivity index (χ1) is 3.72. The van der Waals surface area contributed by atoms with E-state index in [0.717, 1.165) is 0 Å². The van der Waals surface area contributed by atoms with Crippen LogP contribution >= 0.6 is 8.03 Å². The van der Waals surface area contributed by atoms with Gasteiger partial charge in [0.05, 0.1) is 0 Å². The van der Waals surface area contributed by atoms with Crippen molar-refractivity contribution in [1.82, 2.24) is 0 Å². The third-order valence-corrected chi connectivity index (χ3v) is 1.97. The lowest BCUT2D eigenvalue weighted by molar-refractivity contribution is -0.162. The van der Waals surface area contributed by atoms with Gasteiger partial charge in [-0.2, -0.15) is 0 Å². The Hall–Kier alpha value is -0.200. The summed E-state index contributed by atoms with van der Waals surface area (Å²) in [6, 6.07) is 0. The SMILES string of the molecule is CC=C(CC)[P+](=O)[O-]. The van der Waals surface area contributed by atoms with Crippen molar-refractivity contribution < 1.29 is 9.46 Å². The number of allylic oxidation sites excluding steroid dienone is 2. The molecular formula is C5H9O2P. The van der Waals surface area contributed by atoms with E-state index in [4.69, 9.17) is 0 Å². The van der Waals surface area contributed by atoms with Gasteiger partial charge < -0.3 is 4.89 Å². The van der Waals surface area contributed by atoms with E-state index < -0.39 is 8.03 Å². The Balaban J connectivity index is 3.92. The molecule has 8 heavy (non-hydrogen) atoms. The number of rotatable bonds is 2. The molecule has 1 atom stereocenters. The molecule has 0 heterocycles. The molecular weight excluding hydrogens is 123 g/mol. The molecule has 0 saturated heterocycles. The second-order valence-corrected chi connectivity index (χ2v) is 2.48. The molecule has 2 nitrogen and oxygen atoms in total. The van der Waals surface area contributed by atoms with Crippen LogP contribution < -0.4 is 4.89 Å². The van der Waals surface area contributed by atoms with Gasteiger partial charge >= 0.3 is 8.03 Å². The molecule has 0 bridgehead atoms. The van der Waals surface area contributed by atoms with Crippen molar-refractivity contribution in [3.63, 3.8) is 0 Å². The maximum Gasteiger partial charge on any atom is 0.343 e. The Morgan fingerprint density at radius 1 is 1.88 bits per heavy atom. The molecule has 0 spiro atoms. The summed E-state index contributed by atoms with van der Waals surface area (Å²) in [5.74, 6) is 0. The molecule has 0 amide bonds. The van der Waals surface area contributed by atoms with E-state index in [1.807, 2.05) is 6.92 Å². The Morgan fingerprint density at radius 3 is 2.38 bits per heavy atom. The fraction of sp³-hybridized carbons (Fsp3) is 0.600. The van der Waals surface area contributed by atoms with E-state index in [-0.39, 0.29) is 0 Å². The zero-order valence-electron chi connectivity index (χ0n) is 5.05. The van der Waals surface area contributed by atoms with Gasteiger partial charge in [0.2, 0.25) is 0 Å². The lowest BCUT2D eigenvalue weighted by Crippen LogP contribution is -1.87. The molecule has 46 valence electrons. The van der Waals surface area contributed by atoms with Gasteiger partial charge in [-0.3, -0.25) is 0 Å². The number of hydrogen-bond acceptors (Lipinski definition) is 2. The quantitative estimate of drug-likeness (QED) is 0.533. The van der Waals surface area contributed by atoms with Gasteiger partial charge in [0.1, 0.15) is 0 Å². The standard InChI is InChI=1S/C5H9O2P/c1-3-5(4-2)8(6)7/h3H,4H2,1-2H3. The molecule has 1 unspecified atom stereocenters. The normalized spacial score (nSPS) is 13.9. The molecule has 0 aromatic carbocycles. The molecule has 0 N–H and O–H groups in total. The average Bonchev–Trinajstić information content (AvgIpc) is 1.69. The van der Waals surface area contributed by atoms with Crippen molar-refractivity contribution in [2.24, 2.45) is 0 Å². The maximum absolute atomic E-state index is 10.1. The van der Waals surface area contributed by atoms with E-state index in [9.17, 15) is 9.46 Å². The van der Waals surface area contributed by atoms with Gasteiger partial charge in [0.15, 0.2) is 5.31 Å². The molecule has 0 fully saturated rings. The van der Waals surface area contributed by atoms with E-state index in [1.165, 1.54) is 0 Å². The van der Waals surface area contributed by atoms with Crippen LogP contribution in [0.1, 0.15) is 20.3 Å². The van der Waals surface area contributed by atoms with E-state index >= 15 is 0 Å². The molecule has 0 radical (unpaired) electrons. The predicted molar refractivity (Wildman–Crippen MR) is 31.7 cm³/mol. The first kappa shape index (κ1) is 7.80. The zero-order chi connectivity index (χ0) is 6.57. The van der Waals surface area contributed by atoms with Crippen LogP contribution in [-0.2, 0) is 4.57 Å². The summed E-state index contributed by atoms with van der Waals surface area (Å²) in [7, 11) is -2.30. The summed E-state index contributed by atoms with van der Waals surface area (Å²) in [6.07, 6.45) is 2.22. The van der Waals surface area contributed by atoms with Crippen molar-refractivity contribution in [3.8, 4) is 0 Å². The summed E-state index contributed by atoms with van der Waals surface area (Å²) in [5.41, 5.74) is 0. The van der Waals surface area contributed by atoms with Crippen molar-refractivity contribution in [2.45, 2.75) is 20.3 Å². The van der Waals surface area contributed by atoms with Crippen molar-refractivity contribution in [2.75, 3.05) is 0 Å². The fourth-order valence-electron chi connectivity index (χ4n) is 0.439. The molecule has 0 saturated carbocycles. The second-order valence-electron chi connectivity index (χ2n) is 1.39. The highest BCUT2D eigenvalue weighted by molar-refractivity contribution is 7.41. The fourth-order valence-corrected chi connectivity index (χ4v) is 0.908. The third kappa shape index (κ3) is 2.20. The molecule has 0 rings (SSSR count). The van der Waals surface area contributed by atoms with Gasteiger partial charge in [-0.15, -0.1) is 0 Å². The van der Waals surface area contributed by atoms with E-state index in [0.29, 0.717) is 11.7 Å². The van der Waals surface area contributed by atoms with E-state index in [2.05, 4.69) is 0 Å². The van der Waals surface area contributed by atoms with Gasteiger partial charge in [-0.1, -0.05) is 11.5 Å².